The van der Waals surface area contributed by atoms with E-state index in [1.165, 1.54) is 18.8 Å². The van der Waals surface area contributed by atoms with E-state index in [0.29, 0.717) is 0 Å². The Morgan fingerprint density at radius 3 is 2.68 bits per heavy atom. The molecule has 1 saturated carbocycles. The van der Waals surface area contributed by atoms with Gasteiger partial charge in [0.15, 0.2) is 12.4 Å². The third-order valence-electron chi connectivity index (χ3n) is 3.47. The van der Waals surface area contributed by atoms with E-state index in [9.17, 15) is 14.4 Å². The van der Waals surface area contributed by atoms with Crippen LogP contribution in [0, 0.1) is 0 Å². The molecule has 7 nitrogen and oxygen atoms in total. The highest BCUT2D eigenvalue weighted by molar-refractivity contribution is 5.93. The lowest BCUT2D eigenvalue weighted by Crippen LogP contribution is -2.39. The SMILES string of the molecule is O=C(COC(=O)CNC(=O)c1ccco1)NC1CCCCC1. The van der Waals surface area contributed by atoms with Gasteiger partial charge in [-0.1, -0.05) is 19.3 Å². The third-order valence-corrected chi connectivity index (χ3v) is 3.47. The maximum absolute atomic E-state index is 11.6. The Hall–Kier alpha value is -2.31. The molecular weight excluding hydrogens is 288 g/mol. The van der Waals surface area contributed by atoms with Gasteiger partial charge in [-0.3, -0.25) is 14.4 Å². The lowest BCUT2D eigenvalue weighted by atomic mass is 9.95. The number of rotatable bonds is 6. The quantitative estimate of drug-likeness (QED) is 0.764. The van der Waals surface area contributed by atoms with E-state index in [1.807, 2.05) is 0 Å². The average molecular weight is 308 g/mol. The van der Waals surface area contributed by atoms with E-state index in [4.69, 9.17) is 9.15 Å². The van der Waals surface area contributed by atoms with Crippen molar-refractivity contribution in [2.24, 2.45) is 0 Å². The fourth-order valence-corrected chi connectivity index (χ4v) is 2.36. The first-order valence-electron chi connectivity index (χ1n) is 7.42. The predicted molar refractivity (Wildman–Crippen MR) is 77.0 cm³/mol. The second kappa shape index (κ2) is 8.21. The number of esters is 1. The molecule has 22 heavy (non-hydrogen) atoms. The normalized spacial score (nSPS) is 15.1. The topological polar surface area (TPSA) is 97.6 Å². The molecule has 2 amide bonds. The smallest absolute Gasteiger partial charge is 0.325 e. The Morgan fingerprint density at radius 2 is 2.00 bits per heavy atom. The zero-order valence-electron chi connectivity index (χ0n) is 12.3. The van der Waals surface area contributed by atoms with Gasteiger partial charge in [-0.15, -0.1) is 0 Å². The number of hydrogen-bond donors (Lipinski definition) is 2. The number of carbonyl (C=O) groups excluding carboxylic acids is 3. The van der Waals surface area contributed by atoms with Gasteiger partial charge in [0.25, 0.3) is 11.8 Å². The lowest BCUT2D eigenvalue weighted by Gasteiger charge is -2.22. The Balaban J connectivity index is 1.60. The highest BCUT2D eigenvalue weighted by atomic mass is 16.5. The van der Waals surface area contributed by atoms with Crippen LogP contribution < -0.4 is 10.6 Å². The lowest BCUT2D eigenvalue weighted by molar-refractivity contribution is -0.147. The summed E-state index contributed by atoms with van der Waals surface area (Å²) in [6, 6.07) is 3.24. The number of furan rings is 1. The Kier molecular flexibility index (Phi) is 6.00. The molecule has 0 bridgehead atoms. The minimum Gasteiger partial charge on any atom is -0.459 e. The maximum Gasteiger partial charge on any atom is 0.325 e. The molecule has 2 N–H and O–H groups in total. The van der Waals surface area contributed by atoms with Crippen LogP contribution in [0.25, 0.3) is 0 Å². The first kappa shape index (κ1) is 16.1. The van der Waals surface area contributed by atoms with Crippen LogP contribution in [0.1, 0.15) is 42.7 Å². The fourth-order valence-electron chi connectivity index (χ4n) is 2.36. The van der Waals surface area contributed by atoms with E-state index in [1.54, 1.807) is 6.07 Å². The molecule has 0 unspecified atom stereocenters. The highest BCUT2D eigenvalue weighted by Crippen LogP contribution is 2.17. The van der Waals surface area contributed by atoms with Crippen molar-refractivity contribution >= 4 is 17.8 Å². The van der Waals surface area contributed by atoms with Crippen molar-refractivity contribution < 1.29 is 23.5 Å². The van der Waals surface area contributed by atoms with Crippen LogP contribution in [0.2, 0.25) is 0 Å². The van der Waals surface area contributed by atoms with Crippen LogP contribution in [0.3, 0.4) is 0 Å². The summed E-state index contributed by atoms with van der Waals surface area (Å²) in [6.45, 7) is -0.637. The van der Waals surface area contributed by atoms with Crippen LogP contribution in [0.15, 0.2) is 22.8 Å². The van der Waals surface area contributed by atoms with E-state index in [-0.39, 0.29) is 30.9 Å². The predicted octanol–water partition coefficient (Wildman–Crippen LogP) is 1.00. The summed E-state index contributed by atoms with van der Waals surface area (Å²) in [5.41, 5.74) is 0. The van der Waals surface area contributed by atoms with Gasteiger partial charge in [-0.25, -0.2) is 0 Å². The van der Waals surface area contributed by atoms with Crippen molar-refractivity contribution in [3.8, 4) is 0 Å². The first-order valence-corrected chi connectivity index (χ1v) is 7.42. The van der Waals surface area contributed by atoms with Crippen LogP contribution in [0.5, 0.6) is 0 Å². The Morgan fingerprint density at radius 1 is 1.23 bits per heavy atom. The summed E-state index contributed by atoms with van der Waals surface area (Å²) in [4.78, 5) is 34.6. The molecule has 0 radical (unpaired) electrons. The van der Waals surface area contributed by atoms with Gasteiger partial charge >= 0.3 is 5.97 Å². The summed E-state index contributed by atoms with van der Waals surface area (Å²) in [5, 5.41) is 5.19. The van der Waals surface area contributed by atoms with Gasteiger partial charge in [-0.05, 0) is 25.0 Å². The van der Waals surface area contributed by atoms with Crippen molar-refractivity contribution in [3.63, 3.8) is 0 Å². The monoisotopic (exact) mass is 308 g/mol. The molecule has 1 aromatic rings. The number of amides is 2. The van der Waals surface area contributed by atoms with Gasteiger partial charge in [0.1, 0.15) is 6.54 Å². The van der Waals surface area contributed by atoms with Gasteiger partial charge in [-0.2, -0.15) is 0 Å². The molecule has 1 aromatic heterocycles. The van der Waals surface area contributed by atoms with Crippen molar-refractivity contribution in [1.82, 2.24) is 10.6 Å². The van der Waals surface area contributed by atoms with E-state index in [0.717, 1.165) is 25.7 Å². The molecule has 0 aliphatic heterocycles. The number of ether oxygens (including phenoxy) is 1. The number of nitrogens with one attached hydrogen (secondary N) is 2. The second-order valence-corrected chi connectivity index (χ2v) is 5.22. The molecule has 0 spiro atoms. The number of carbonyl (C=O) groups is 3. The van der Waals surface area contributed by atoms with Crippen LogP contribution in [-0.2, 0) is 14.3 Å². The number of hydrogen-bond acceptors (Lipinski definition) is 5. The summed E-state index contributed by atoms with van der Waals surface area (Å²) in [7, 11) is 0. The van der Waals surface area contributed by atoms with Crippen LogP contribution >= 0.6 is 0 Å². The molecule has 1 aliphatic rings. The summed E-state index contributed by atoms with van der Waals surface area (Å²) in [6.07, 6.45) is 6.74. The molecular formula is C15H20N2O5. The summed E-state index contributed by atoms with van der Waals surface area (Å²) < 4.78 is 9.70. The molecule has 0 aromatic carbocycles. The molecule has 2 rings (SSSR count). The van der Waals surface area contributed by atoms with Gasteiger partial charge in [0.05, 0.1) is 6.26 Å². The fraction of sp³-hybridized carbons (Fsp3) is 0.533. The first-order chi connectivity index (χ1) is 10.6. The second-order valence-electron chi connectivity index (χ2n) is 5.22. The van der Waals surface area contributed by atoms with Gasteiger partial charge in [0.2, 0.25) is 0 Å². The third kappa shape index (κ3) is 5.23. The van der Waals surface area contributed by atoms with Crippen LogP contribution in [-0.4, -0.2) is 37.0 Å². The molecule has 0 atom stereocenters. The minimum absolute atomic E-state index is 0.114. The standard InChI is InChI=1S/C15H20N2O5/c18-13(17-11-5-2-1-3-6-11)10-22-14(19)9-16-15(20)12-7-4-8-21-12/h4,7-8,11H,1-3,5-6,9-10H2,(H,16,20)(H,17,18). The van der Waals surface area contributed by atoms with Gasteiger partial charge in [0, 0.05) is 6.04 Å². The Labute approximate surface area is 128 Å². The summed E-state index contributed by atoms with van der Waals surface area (Å²) >= 11 is 0. The van der Waals surface area contributed by atoms with Crippen molar-refractivity contribution in [3.05, 3.63) is 24.2 Å². The molecule has 1 fully saturated rings. The molecule has 120 valence electrons. The Bertz CT molecular complexity index is 506. The molecule has 1 aliphatic carbocycles. The largest absolute Gasteiger partial charge is 0.459 e. The molecule has 0 saturated heterocycles. The zero-order valence-corrected chi connectivity index (χ0v) is 12.3. The van der Waals surface area contributed by atoms with Crippen molar-refractivity contribution in [2.45, 2.75) is 38.1 Å². The highest BCUT2D eigenvalue weighted by Gasteiger charge is 2.17. The minimum atomic E-state index is -0.668. The van der Waals surface area contributed by atoms with Crippen LogP contribution in [0.4, 0.5) is 0 Å². The molecule has 7 heteroatoms. The van der Waals surface area contributed by atoms with Crippen molar-refractivity contribution in [1.29, 1.82) is 0 Å². The zero-order chi connectivity index (χ0) is 15.8. The summed E-state index contributed by atoms with van der Waals surface area (Å²) in [5.74, 6) is -1.37. The van der Waals surface area contributed by atoms with Gasteiger partial charge < -0.3 is 19.8 Å². The maximum atomic E-state index is 11.6. The van der Waals surface area contributed by atoms with E-state index in [2.05, 4.69) is 10.6 Å². The average Bonchev–Trinajstić information content (AvgIpc) is 3.06. The van der Waals surface area contributed by atoms with E-state index < -0.39 is 11.9 Å². The molecule has 1 heterocycles. The van der Waals surface area contributed by atoms with E-state index >= 15 is 0 Å². The van der Waals surface area contributed by atoms with Crippen molar-refractivity contribution in [2.75, 3.05) is 13.2 Å².